The SMILES string of the molecule is C/C=N/S(=O)(=O)c1ccc(C(C)C)cc1. The maximum Gasteiger partial charge on any atom is 0.281 e. The summed E-state index contributed by atoms with van der Waals surface area (Å²) in [5, 5.41) is 0. The lowest BCUT2D eigenvalue weighted by Crippen LogP contribution is -1.97. The van der Waals surface area contributed by atoms with Gasteiger partial charge in [-0.15, -0.1) is 0 Å². The van der Waals surface area contributed by atoms with Gasteiger partial charge < -0.3 is 0 Å². The van der Waals surface area contributed by atoms with Crippen molar-refractivity contribution < 1.29 is 8.42 Å². The van der Waals surface area contributed by atoms with Crippen molar-refractivity contribution in [2.24, 2.45) is 4.40 Å². The Morgan fingerprint density at radius 1 is 1.20 bits per heavy atom. The van der Waals surface area contributed by atoms with E-state index in [9.17, 15) is 8.42 Å². The zero-order valence-electron chi connectivity index (χ0n) is 9.14. The van der Waals surface area contributed by atoms with Crippen molar-refractivity contribution in [2.45, 2.75) is 31.6 Å². The second-order valence-corrected chi connectivity index (χ2v) is 5.19. The van der Waals surface area contributed by atoms with Gasteiger partial charge in [0.25, 0.3) is 10.0 Å². The molecule has 0 bridgehead atoms. The van der Waals surface area contributed by atoms with Gasteiger partial charge in [-0.05, 0) is 30.5 Å². The van der Waals surface area contributed by atoms with Crippen LogP contribution in [-0.2, 0) is 10.0 Å². The van der Waals surface area contributed by atoms with Gasteiger partial charge in [0.1, 0.15) is 0 Å². The lowest BCUT2D eigenvalue weighted by molar-refractivity contribution is 0.598. The summed E-state index contributed by atoms with van der Waals surface area (Å²) in [7, 11) is -3.48. The summed E-state index contributed by atoms with van der Waals surface area (Å²) in [5.41, 5.74) is 1.12. The van der Waals surface area contributed by atoms with Gasteiger partial charge in [-0.25, -0.2) is 0 Å². The van der Waals surface area contributed by atoms with E-state index in [1.807, 2.05) is 12.1 Å². The molecule has 0 spiro atoms. The number of hydrogen-bond acceptors (Lipinski definition) is 2. The summed E-state index contributed by atoms with van der Waals surface area (Å²) in [6, 6.07) is 6.83. The van der Waals surface area contributed by atoms with Crippen molar-refractivity contribution in [3.8, 4) is 0 Å². The molecule has 1 aromatic carbocycles. The first kappa shape index (κ1) is 11.9. The monoisotopic (exact) mass is 225 g/mol. The molecule has 0 aliphatic carbocycles. The molecule has 3 nitrogen and oxygen atoms in total. The number of rotatable bonds is 3. The van der Waals surface area contributed by atoms with Gasteiger partial charge in [-0.3, -0.25) is 0 Å². The largest absolute Gasteiger partial charge is 0.281 e. The minimum absolute atomic E-state index is 0.241. The summed E-state index contributed by atoms with van der Waals surface area (Å²) in [5.74, 6) is 0.399. The van der Waals surface area contributed by atoms with Crippen LogP contribution in [0.2, 0.25) is 0 Å². The summed E-state index contributed by atoms with van der Waals surface area (Å²) < 4.78 is 26.5. The minimum Gasteiger partial charge on any atom is -0.199 e. The Bertz CT molecular complexity index is 444. The highest BCUT2D eigenvalue weighted by atomic mass is 32.2. The number of hydrogen-bond donors (Lipinski definition) is 0. The van der Waals surface area contributed by atoms with Crippen molar-refractivity contribution in [3.63, 3.8) is 0 Å². The maximum absolute atomic E-state index is 11.5. The second-order valence-electron chi connectivity index (χ2n) is 3.56. The number of sulfonamides is 1. The Kier molecular flexibility index (Phi) is 3.63. The van der Waals surface area contributed by atoms with Crippen molar-refractivity contribution in [2.75, 3.05) is 0 Å². The summed E-state index contributed by atoms with van der Waals surface area (Å²) in [6.07, 6.45) is 1.28. The standard InChI is InChI=1S/C11H15NO2S/c1-4-12-15(13,14)11-7-5-10(6-8-11)9(2)3/h4-9H,1-3H3/b12-4+. The molecule has 0 radical (unpaired) electrons. The molecule has 0 unspecified atom stereocenters. The first-order valence-electron chi connectivity index (χ1n) is 4.82. The molecular formula is C11H15NO2S. The van der Waals surface area contributed by atoms with Crippen LogP contribution in [0.15, 0.2) is 33.6 Å². The second kappa shape index (κ2) is 4.57. The lowest BCUT2D eigenvalue weighted by atomic mass is 10.0. The molecule has 0 N–H and O–H groups in total. The van der Waals surface area contributed by atoms with E-state index in [4.69, 9.17) is 0 Å². The fourth-order valence-electron chi connectivity index (χ4n) is 1.22. The summed E-state index contributed by atoms with van der Waals surface area (Å²) >= 11 is 0. The molecule has 0 atom stereocenters. The van der Waals surface area contributed by atoms with E-state index in [0.29, 0.717) is 5.92 Å². The Balaban J connectivity index is 3.10. The average Bonchev–Trinajstić information content (AvgIpc) is 2.18. The van der Waals surface area contributed by atoms with Crippen LogP contribution in [0.3, 0.4) is 0 Å². The smallest absolute Gasteiger partial charge is 0.199 e. The predicted octanol–water partition coefficient (Wildman–Crippen LogP) is 2.59. The quantitative estimate of drug-likeness (QED) is 0.742. The van der Waals surface area contributed by atoms with Crippen LogP contribution in [0.5, 0.6) is 0 Å². The van der Waals surface area contributed by atoms with Gasteiger partial charge in [0.15, 0.2) is 0 Å². The lowest BCUT2D eigenvalue weighted by Gasteiger charge is -2.05. The zero-order valence-corrected chi connectivity index (χ0v) is 9.95. The third kappa shape index (κ3) is 2.89. The van der Waals surface area contributed by atoms with Crippen LogP contribution < -0.4 is 0 Å². The van der Waals surface area contributed by atoms with Gasteiger partial charge >= 0.3 is 0 Å². The topological polar surface area (TPSA) is 46.5 Å². The van der Waals surface area contributed by atoms with Crippen LogP contribution >= 0.6 is 0 Å². The Hall–Kier alpha value is -1.16. The molecule has 0 fully saturated rings. The number of benzene rings is 1. The minimum atomic E-state index is -3.48. The van der Waals surface area contributed by atoms with E-state index in [1.165, 1.54) is 6.21 Å². The molecule has 1 aromatic rings. The fourth-order valence-corrected chi connectivity index (χ4v) is 2.10. The normalized spacial score (nSPS) is 12.5. The van der Waals surface area contributed by atoms with Crippen LogP contribution in [0, 0.1) is 0 Å². The molecule has 0 saturated carbocycles. The van der Waals surface area contributed by atoms with E-state index in [-0.39, 0.29) is 4.90 Å². The summed E-state index contributed by atoms with van der Waals surface area (Å²) in [4.78, 5) is 0.241. The molecule has 0 saturated heterocycles. The molecule has 0 aliphatic heterocycles. The molecule has 4 heteroatoms. The fraction of sp³-hybridized carbons (Fsp3) is 0.364. The highest BCUT2D eigenvalue weighted by molar-refractivity contribution is 7.90. The molecule has 0 aliphatic rings. The van der Waals surface area contributed by atoms with Gasteiger partial charge in [-0.2, -0.15) is 12.8 Å². The Labute approximate surface area is 90.9 Å². The zero-order chi connectivity index (χ0) is 11.5. The molecule has 82 valence electrons. The molecule has 1 rings (SSSR count). The number of nitrogens with zero attached hydrogens (tertiary/aromatic N) is 1. The van der Waals surface area contributed by atoms with E-state index in [2.05, 4.69) is 18.2 Å². The highest BCUT2D eigenvalue weighted by Gasteiger charge is 2.11. The first-order valence-corrected chi connectivity index (χ1v) is 6.26. The first-order chi connectivity index (χ1) is 6.97. The van der Waals surface area contributed by atoms with E-state index in [1.54, 1.807) is 19.1 Å². The Morgan fingerprint density at radius 2 is 1.73 bits per heavy atom. The third-order valence-corrected chi connectivity index (χ3v) is 3.45. The molecule has 15 heavy (non-hydrogen) atoms. The van der Waals surface area contributed by atoms with Gasteiger partial charge in [0.05, 0.1) is 4.90 Å². The van der Waals surface area contributed by atoms with Crippen LogP contribution in [0.25, 0.3) is 0 Å². The van der Waals surface area contributed by atoms with Crippen molar-refractivity contribution >= 4 is 16.2 Å². The average molecular weight is 225 g/mol. The van der Waals surface area contributed by atoms with Crippen molar-refractivity contribution in [1.29, 1.82) is 0 Å². The highest BCUT2D eigenvalue weighted by Crippen LogP contribution is 2.18. The third-order valence-electron chi connectivity index (χ3n) is 2.09. The van der Waals surface area contributed by atoms with E-state index in [0.717, 1.165) is 5.56 Å². The molecule has 0 aromatic heterocycles. The van der Waals surface area contributed by atoms with E-state index >= 15 is 0 Å². The molecular weight excluding hydrogens is 210 g/mol. The van der Waals surface area contributed by atoms with Crippen molar-refractivity contribution in [1.82, 2.24) is 0 Å². The van der Waals surface area contributed by atoms with Crippen LogP contribution in [0.1, 0.15) is 32.3 Å². The molecule has 0 amide bonds. The van der Waals surface area contributed by atoms with Gasteiger partial charge in [0.2, 0.25) is 0 Å². The van der Waals surface area contributed by atoms with Crippen molar-refractivity contribution in [3.05, 3.63) is 29.8 Å². The van der Waals surface area contributed by atoms with E-state index < -0.39 is 10.0 Å². The van der Waals surface area contributed by atoms with Crippen LogP contribution in [0.4, 0.5) is 0 Å². The molecule has 0 heterocycles. The van der Waals surface area contributed by atoms with Gasteiger partial charge in [0, 0.05) is 6.21 Å². The van der Waals surface area contributed by atoms with Gasteiger partial charge in [-0.1, -0.05) is 26.0 Å². The Morgan fingerprint density at radius 3 is 2.13 bits per heavy atom. The van der Waals surface area contributed by atoms with Crippen LogP contribution in [-0.4, -0.2) is 14.6 Å². The maximum atomic E-state index is 11.5. The summed E-state index contributed by atoms with van der Waals surface area (Å²) in [6.45, 7) is 5.71. The predicted molar refractivity (Wildman–Crippen MR) is 61.9 cm³/mol.